The van der Waals surface area contributed by atoms with Crippen LogP contribution in [0.25, 0.3) is 22.2 Å². The zero-order valence-corrected chi connectivity index (χ0v) is 19.7. The smallest absolute Gasteiger partial charge is 0.373 e. The first-order chi connectivity index (χ1) is 18.1. The van der Waals surface area contributed by atoms with Gasteiger partial charge in [-0.15, -0.1) is 0 Å². The average Bonchev–Trinajstić information content (AvgIpc) is 2.88. The standard InChI is InChI=1S/C26H20F6N6/c27-25(28,29)16-5-7-17(8-6-16)36-24-18-9-4-15(23-19(26(30,31)32)3-1-10-35-23)13-20(18)37-22(38-24)14-21-33-11-2-12-34-21/h1,3-10,13H,2,11-12,14H2,(H,33,34)(H,36,37,38). The van der Waals surface area contributed by atoms with Crippen LogP contribution >= 0.6 is 0 Å². The van der Waals surface area contributed by atoms with Crippen LogP contribution in [0.15, 0.2) is 65.8 Å². The molecule has 0 radical (unpaired) electrons. The van der Waals surface area contributed by atoms with Gasteiger partial charge in [0.1, 0.15) is 17.5 Å². The number of hydrogen-bond acceptors (Lipinski definition) is 6. The Morgan fingerprint density at radius 2 is 1.68 bits per heavy atom. The first-order valence-corrected chi connectivity index (χ1v) is 11.6. The summed E-state index contributed by atoms with van der Waals surface area (Å²) in [6.45, 7) is 1.39. The first-order valence-electron chi connectivity index (χ1n) is 11.6. The van der Waals surface area contributed by atoms with Gasteiger partial charge in [0.15, 0.2) is 0 Å². The molecule has 196 valence electrons. The van der Waals surface area contributed by atoms with Crippen molar-refractivity contribution in [1.29, 1.82) is 0 Å². The zero-order chi connectivity index (χ0) is 26.9. The molecule has 4 aromatic rings. The van der Waals surface area contributed by atoms with Crippen molar-refractivity contribution < 1.29 is 26.3 Å². The molecule has 0 fully saturated rings. The summed E-state index contributed by atoms with van der Waals surface area (Å²) in [4.78, 5) is 17.5. The number of hydrogen-bond donors (Lipinski definition) is 2. The van der Waals surface area contributed by atoms with Gasteiger partial charge in [-0.2, -0.15) is 26.3 Å². The Labute approximate surface area is 212 Å². The maximum atomic E-state index is 13.6. The highest BCUT2D eigenvalue weighted by Crippen LogP contribution is 2.37. The van der Waals surface area contributed by atoms with E-state index in [0.29, 0.717) is 40.6 Å². The third kappa shape index (κ3) is 5.53. The van der Waals surface area contributed by atoms with E-state index in [-0.39, 0.29) is 17.7 Å². The van der Waals surface area contributed by atoms with Crippen LogP contribution in [-0.2, 0) is 18.8 Å². The van der Waals surface area contributed by atoms with Crippen LogP contribution in [0.4, 0.5) is 37.8 Å². The molecule has 0 bridgehead atoms. The van der Waals surface area contributed by atoms with E-state index < -0.39 is 23.5 Å². The number of halogens is 6. The molecule has 0 unspecified atom stereocenters. The Bertz CT molecular complexity index is 1500. The Kier molecular flexibility index (Phi) is 6.64. The van der Waals surface area contributed by atoms with Gasteiger partial charge in [0.2, 0.25) is 0 Å². The zero-order valence-electron chi connectivity index (χ0n) is 19.7. The van der Waals surface area contributed by atoms with Crippen molar-refractivity contribution in [2.24, 2.45) is 4.99 Å². The predicted octanol–water partition coefficient (Wildman–Crippen LogP) is 6.41. The Morgan fingerprint density at radius 1 is 0.895 bits per heavy atom. The lowest BCUT2D eigenvalue weighted by Gasteiger charge is -2.16. The van der Waals surface area contributed by atoms with Crippen molar-refractivity contribution in [1.82, 2.24) is 20.3 Å². The van der Waals surface area contributed by atoms with Gasteiger partial charge < -0.3 is 10.6 Å². The molecule has 0 spiro atoms. The van der Waals surface area contributed by atoms with Crippen molar-refractivity contribution in [3.63, 3.8) is 0 Å². The molecule has 2 aromatic heterocycles. The fourth-order valence-electron chi connectivity index (χ4n) is 4.09. The lowest BCUT2D eigenvalue weighted by Crippen LogP contribution is -2.31. The molecular formula is C26H20F6N6. The van der Waals surface area contributed by atoms with E-state index >= 15 is 0 Å². The molecule has 0 aliphatic carbocycles. The Morgan fingerprint density at radius 3 is 2.37 bits per heavy atom. The highest BCUT2D eigenvalue weighted by Gasteiger charge is 2.34. The van der Waals surface area contributed by atoms with Crippen molar-refractivity contribution in [2.75, 3.05) is 18.4 Å². The van der Waals surface area contributed by atoms with Crippen LogP contribution < -0.4 is 10.6 Å². The van der Waals surface area contributed by atoms with Gasteiger partial charge in [0.05, 0.1) is 28.8 Å². The van der Waals surface area contributed by atoms with E-state index in [1.165, 1.54) is 36.5 Å². The third-order valence-corrected chi connectivity index (χ3v) is 5.90. The summed E-state index contributed by atoms with van der Waals surface area (Å²) in [5.41, 5.74) is -1.00. The molecule has 1 aliphatic rings. The SMILES string of the molecule is FC(F)(F)c1ccc(Nc2nc(CC3=NCCCN3)nc3cc(-c4ncccc4C(F)(F)F)ccc23)cc1. The quantitative estimate of drug-likeness (QED) is 0.292. The van der Waals surface area contributed by atoms with Gasteiger partial charge in [-0.05, 0) is 55.0 Å². The maximum Gasteiger partial charge on any atom is 0.418 e. The van der Waals surface area contributed by atoms with E-state index in [4.69, 9.17) is 0 Å². The molecule has 2 N–H and O–H groups in total. The Balaban J connectivity index is 1.59. The molecule has 5 rings (SSSR count). The second kappa shape index (κ2) is 9.92. The van der Waals surface area contributed by atoms with Gasteiger partial charge >= 0.3 is 12.4 Å². The number of amidine groups is 1. The molecule has 6 nitrogen and oxygen atoms in total. The summed E-state index contributed by atoms with van der Waals surface area (Å²) >= 11 is 0. The molecule has 12 heteroatoms. The number of pyridine rings is 1. The highest BCUT2D eigenvalue weighted by molar-refractivity contribution is 5.94. The summed E-state index contributed by atoms with van der Waals surface area (Å²) in [6.07, 6.45) is -6.66. The fraction of sp³-hybridized carbons (Fsp3) is 0.231. The molecule has 2 aromatic carbocycles. The number of benzene rings is 2. The van der Waals surface area contributed by atoms with E-state index in [1.54, 1.807) is 6.07 Å². The van der Waals surface area contributed by atoms with Crippen molar-refractivity contribution >= 4 is 28.2 Å². The molecule has 0 saturated heterocycles. The van der Waals surface area contributed by atoms with E-state index in [9.17, 15) is 26.3 Å². The highest BCUT2D eigenvalue weighted by atomic mass is 19.4. The van der Waals surface area contributed by atoms with Crippen molar-refractivity contribution in [3.05, 3.63) is 77.7 Å². The molecule has 38 heavy (non-hydrogen) atoms. The monoisotopic (exact) mass is 530 g/mol. The minimum absolute atomic E-state index is 0.212. The van der Waals surface area contributed by atoms with Gasteiger partial charge in [-0.3, -0.25) is 9.98 Å². The summed E-state index contributed by atoms with van der Waals surface area (Å²) < 4.78 is 79.8. The van der Waals surface area contributed by atoms with Crippen LogP contribution in [-0.4, -0.2) is 33.9 Å². The van der Waals surface area contributed by atoms with E-state index in [0.717, 1.165) is 31.2 Å². The molecule has 0 amide bonds. The largest absolute Gasteiger partial charge is 0.418 e. The topological polar surface area (TPSA) is 75.1 Å². The molecule has 0 saturated carbocycles. The minimum Gasteiger partial charge on any atom is -0.373 e. The number of nitrogens with zero attached hydrogens (tertiary/aromatic N) is 4. The minimum atomic E-state index is -4.60. The molecule has 0 atom stereocenters. The number of rotatable bonds is 5. The maximum absolute atomic E-state index is 13.6. The summed E-state index contributed by atoms with van der Waals surface area (Å²) in [6, 6.07) is 11.2. The lowest BCUT2D eigenvalue weighted by molar-refractivity contribution is -0.138. The van der Waals surface area contributed by atoms with Crippen molar-refractivity contribution in [3.8, 4) is 11.3 Å². The van der Waals surface area contributed by atoms with Crippen LogP contribution in [0.3, 0.4) is 0 Å². The normalized spacial score (nSPS) is 14.2. The Hall–Kier alpha value is -4.22. The van der Waals surface area contributed by atoms with Gasteiger partial charge in [-0.25, -0.2) is 9.97 Å². The van der Waals surface area contributed by atoms with E-state index in [1.807, 2.05) is 0 Å². The van der Waals surface area contributed by atoms with E-state index in [2.05, 4.69) is 30.6 Å². The number of aromatic nitrogens is 3. The summed E-state index contributed by atoms with van der Waals surface area (Å²) in [5.74, 6) is 1.32. The van der Waals surface area contributed by atoms with Gasteiger partial charge in [0, 0.05) is 35.9 Å². The number of alkyl halides is 6. The number of anilines is 2. The van der Waals surface area contributed by atoms with Crippen LogP contribution in [0.1, 0.15) is 23.4 Å². The predicted molar refractivity (Wildman–Crippen MR) is 131 cm³/mol. The lowest BCUT2D eigenvalue weighted by atomic mass is 10.0. The number of nitrogens with one attached hydrogen (secondary N) is 2. The third-order valence-electron chi connectivity index (χ3n) is 5.90. The second-order valence-corrected chi connectivity index (χ2v) is 8.60. The first kappa shape index (κ1) is 25.4. The van der Waals surface area contributed by atoms with Crippen LogP contribution in [0.5, 0.6) is 0 Å². The van der Waals surface area contributed by atoms with Gasteiger partial charge in [0.25, 0.3) is 0 Å². The van der Waals surface area contributed by atoms with Crippen LogP contribution in [0, 0.1) is 0 Å². The number of aliphatic imine (C=N–C) groups is 1. The molecule has 3 heterocycles. The fourth-order valence-corrected chi connectivity index (χ4v) is 4.09. The van der Waals surface area contributed by atoms with Gasteiger partial charge in [-0.1, -0.05) is 6.07 Å². The molecular weight excluding hydrogens is 510 g/mol. The molecule has 1 aliphatic heterocycles. The van der Waals surface area contributed by atoms with Crippen molar-refractivity contribution in [2.45, 2.75) is 25.2 Å². The van der Waals surface area contributed by atoms with Crippen LogP contribution in [0.2, 0.25) is 0 Å². The summed E-state index contributed by atoms with van der Waals surface area (Å²) in [7, 11) is 0. The number of fused-ring (bicyclic) bond motifs is 1. The summed E-state index contributed by atoms with van der Waals surface area (Å²) in [5, 5.41) is 6.67. The average molecular weight is 530 g/mol. The second-order valence-electron chi connectivity index (χ2n) is 8.60.